The molecule has 0 fully saturated rings. The van der Waals surface area contributed by atoms with Gasteiger partial charge in [-0.05, 0) is 32.3 Å². The van der Waals surface area contributed by atoms with Crippen molar-refractivity contribution in [2.24, 2.45) is 0 Å². The van der Waals surface area contributed by atoms with Gasteiger partial charge in [-0.25, -0.2) is 19.6 Å². The van der Waals surface area contributed by atoms with E-state index in [1.54, 1.807) is 25.6 Å². The number of hydrogen-bond acceptors (Lipinski definition) is 9. The Hall–Kier alpha value is -2.29. The summed E-state index contributed by atoms with van der Waals surface area (Å²) in [6.07, 6.45) is 3.81. The molecule has 1 atom stereocenters. The molecule has 1 N–H and O–H groups in total. The van der Waals surface area contributed by atoms with Crippen molar-refractivity contribution in [3.05, 3.63) is 17.7 Å². The van der Waals surface area contributed by atoms with Crippen molar-refractivity contribution in [2.45, 2.75) is 26.3 Å². The van der Waals surface area contributed by atoms with E-state index in [0.29, 0.717) is 23.4 Å². The van der Waals surface area contributed by atoms with Gasteiger partial charge in [0, 0.05) is 0 Å². The molecule has 2 heterocycles. The third-order valence-corrected chi connectivity index (χ3v) is 4.20. The number of carbonyl (C=O) groups excluding carboxylic acids is 2. The van der Waals surface area contributed by atoms with Gasteiger partial charge in [0.1, 0.15) is 29.5 Å². The van der Waals surface area contributed by atoms with E-state index in [-0.39, 0.29) is 17.9 Å². The van der Waals surface area contributed by atoms with Crippen LogP contribution in [-0.2, 0) is 14.3 Å². The third kappa shape index (κ3) is 4.22. The number of carbonyl (C=O) groups is 2. The highest BCUT2D eigenvalue weighted by atomic mass is 32.2. The fourth-order valence-electron chi connectivity index (χ4n) is 2.39. The summed E-state index contributed by atoms with van der Waals surface area (Å²) in [6.45, 7) is 3.62. The molecule has 0 aromatic carbocycles. The fourth-order valence-corrected chi connectivity index (χ4v) is 2.87. The maximum atomic E-state index is 12.3. The Kier molecular flexibility index (Phi) is 6.63. The van der Waals surface area contributed by atoms with Crippen molar-refractivity contribution in [2.75, 3.05) is 31.0 Å². The highest BCUT2D eigenvalue weighted by Crippen LogP contribution is 2.30. The van der Waals surface area contributed by atoms with Crippen LogP contribution in [0.5, 0.6) is 0 Å². The zero-order valence-electron chi connectivity index (χ0n) is 14.6. The quantitative estimate of drug-likeness (QED) is 0.704. The molecular formula is C16H21N3O5S. The van der Waals surface area contributed by atoms with Gasteiger partial charge < -0.3 is 19.2 Å². The van der Waals surface area contributed by atoms with Gasteiger partial charge in [0.15, 0.2) is 0 Å². The lowest BCUT2D eigenvalue weighted by Crippen LogP contribution is -2.31. The number of rotatable bonds is 8. The first kappa shape index (κ1) is 19.0. The summed E-state index contributed by atoms with van der Waals surface area (Å²) in [5.41, 5.74) is 0.514. The number of esters is 2. The number of furan rings is 1. The van der Waals surface area contributed by atoms with Crippen molar-refractivity contribution >= 4 is 40.6 Å². The maximum absolute atomic E-state index is 12.3. The summed E-state index contributed by atoms with van der Waals surface area (Å²) < 4.78 is 15.5. The largest absolute Gasteiger partial charge is 0.467 e. The summed E-state index contributed by atoms with van der Waals surface area (Å²) in [4.78, 5) is 32.6. The van der Waals surface area contributed by atoms with Crippen LogP contribution in [0.2, 0.25) is 0 Å². The lowest BCUT2D eigenvalue weighted by atomic mass is 10.1. The standard InChI is InChI=1S/C16H21N3O5S/c1-5-23-16(21)11-9(2)24-14-12(11)13(17-8-18-14)19-10(6-7-25-4)15(20)22-3/h8,10H,5-7H2,1-4H3,(H,17,18,19)/t10-/m0/s1. The van der Waals surface area contributed by atoms with Gasteiger partial charge in [-0.2, -0.15) is 11.8 Å². The van der Waals surface area contributed by atoms with E-state index in [1.807, 2.05) is 6.26 Å². The minimum Gasteiger partial charge on any atom is -0.467 e. The van der Waals surface area contributed by atoms with E-state index in [9.17, 15) is 9.59 Å². The van der Waals surface area contributed by atoms with Crippen LogP contribution in [0.4, 0.5) is 5.82 Å². The molecule has 0 aliphatic rings. The van der Waals surface area contributed by atoms with Crippen molar-refractivity contribution in [3.8, 4) is 0 Å². The molecule has 0 aliphatic carbocycles. The second kappa shape index (κ2) is 8.70. The third-order valence-electron chi connectivity index (χ3n) is 3.55. The molecule has 25 heavy (non-hydrogen) atoms. The molecule has 2 aromatic heterocycles. The Morgan fingerprint density at radius 1 is 1.40 bits per heavy atom. The number of aryl methyl sites for hydroxylation is 1. The van der Waals surface area contributed by atoms with Crippen LogP contribution in [0, 0.1) is 6.92 Å². The van der Waals surface area contributed by atoms with E-state index >= 15 is 0 Å². The van der Waals surface area contributed by atoms with Gasteiger partial charge in [-0.1, -0.05) is 0 Å². The first-order chi connectivity index (χ1) is 12.0. The number of nitrogens with zero attached hydrogens (tertiary/aromatic N) is 2. The molecule has 0 unspecified atom stereocenters. The predicted molar refractivity (Wildman–Crippen MR) is 94.9 cm³/mol. The normalized spacial score (nSPS) is 12.0. The van der Waals surface area contributed by atoms with E-state index in [2.05, 4.69) is 15.3 Å². The average Bonchev–Trinajstić information content (AvgIpc) is 2.94. The van der Waals surface area contributed by atoms with Crippen LogP contribution in [0.15, 0.2) is 10.7 Å². The van der Waals surface area contributed by atoms with Gasteiger partial charge in [0.05, 0.1) is 19.1 Å². The predicted octanol–water partition coefficient (Wildman–Crippen LogP) is 2.41. The molecule has 0 aliphatic heterocycles. The average molecular weight is 367 g/mol. The lowest BCUT2D eigenvalue weighted by molar-refractivity contribution is -0.141. The second-order valence-electron chi connectivity index (χ2n) is 5.16. The van der Waals surface area contributed by atoms with Crippen LogP contribution in [0.25, 0.3) is 11.1 Å². The van der Waals surface area contributed by atoms with Gasteiger partial charge in [-0.15, -0.1) is 0 Å². The van der Waals surface area contributed by atoms with Crippen LogP contribution >= 0.6 is 11.8 Å². The number of methoxy groups -OCH3 is 1. The Bertz CT molecular complexity index is 762. The molecule has 2 aromatic rings. The van der Waals surface area contributed by atoms with Crippen LogP contribution in [0.3, 0.4) is 0 Å². The molecule has 0 bridgehead atoms. The second-order valence-corrected chi connectivity index (χ2v) is 6.14. The number of thioether (sulfide) groups is 1. The first-order valence-corrected chi connectivity index (χ1v) is 9.17. The van der Waals surface area contributed by atoms with Crippen LogP contribution in [0.1, 0.15) is 29.5 Å². The molecule has 9 heteroatoms. The number of aromatic nitrogens is 2. The van der Waals surface area contributed by atoms with E-state index < -0.39 is 18.0 Å². The molecule has 136 valence electrons. The molecule has 0 radical (unpaired) electrons. The van der Waals surface area contributed by atoms with Gasteiger partial charge in [0.25, 0.3) is 0 Å². The number of hydrogen-bond donors (Lipinski definition) is 1. The van der Waals surface area contributed by atoms with Crippen molar-refractivity contribution in [1.82, 2.24) is 9.97 Å². The molecule has 0 saturated heterocycles. The highest BCUT2D eigenvalue weighted by molar-refractivity contribution is 7.98. The molecule has 0 amide bonds. The van der Waals surface area contributed by atoms with Crippen molar-refractivity contribution < 1.29 is 23.5 Å². The Morgan fingerprint density at radius 3 is 2.80 bits per heavy atom. The Morgan fingerprint density at radius 2 is 2.16 bits per heavy atom. The zero-order chi connectivity index (χ0) is 18.4. The van der Waals surface area contributed by atoms with Gasteiger partial charge in [-0.3, -0.25) is 0 Å². The Balaban J connectivity index is 2.46. The number of fused-ring (bicyclic) bond motifs is 1. The van der Waals surface area contributed by atoms with Crippen molar-refractivity contribution in [3.63, 3.8) is 0 Å². The van der Waals surface area contributed by atoms with Gasteiger partial charge in [0.2, 0.25) is 5.71 Å². The topological polar surface area (TPSA) is 104 Å². The van der Waals surface area contributed by atoms with Gasteiger partial charge >= 0.3 is 11.9 Å². The monoisotopic (exact) mass is 367 g/mol. The molecular weight excluding hydrogens is 346 g/mol. The zero-order valence-corrected chi connectivity index (χ0v) is 15.4. The summed E-state index contributed by atoms with van der Waals surface area (Å²) in [7, 11) is 1.33. The van der Waals surface area contributed by atoms with E-state index in [1.165, 1.54) is 13.4 Å². The number of ether oxygens (including phenoxy) is 2. The minimum absolute atomic E-state index is 0.236. The highest BCUT2D eigenvalue weighted by Gasteiger charge is 2.26. The Labute approximate surface area is 149 Å². The van der Waals surface area contributed by atoms with Crippen LogP contribution < -0.4 is 5.32 Å². The first-order valence-electron chi connectivity index (χ1n) is 7.77. The smallest absolute Gasteiger partial charge is 0.342 e. The lowest BCUT2D eigenvalue weighted by Gasteiger charge is -2.17. The summed E-state index contributed by atoms with van der Waals surface area (Å²) in [5.74, 6) is 0.557. The van der Waals surface area contributed by atoms with E-state index in [0.717, 1.165) is 5.75 Å². The summed E-state index contributed by atoms with van der Waals surface area (Å²) in [6, 6.07) is -0.596. The van der Waals surface area contributed by atoms with E-state index in [4.69, 9.17) is 13.9 Å². The molecule has 8 nitrogen and oxygen atoms in total. The number of nitrogens with one attached hydrogen (secondary N) is 1. The fraction of sp³-hybridized carbons (Fsp3) is 0.500. The van der Waals surface area contributed by atoms with Crippen molar-refractivity contribution in [1.29, 1.82) is 0 Å². The van der Waals surface area contributed by atoms with Crippen LogP contribution in [-0.4, -0.2) is 53.7 Å². The summed E-state index contributed by atoms with van der Waals surface area (Å²) >= 11 is 1.62. The molecule has 2 rings (SSSR count). The molecule has 0 spiro atoms. The maximum Gasteiger partial charge on any atom is 0.342 e. The molecule has 0 saturated carbocycles. The minimum atomic E-state index is -0.596. The summed E-state index contributed by atoms with van der Waals surface area (Å²) in [5, 5.41) is 3.45. The SMILES string of the molecule is CCOC(=O)c1c(C)oc2ncnc(N[C@@H](CCSC)C(=O)OC)c12. The number of anilines is 1.